The Morgan fingerprint density at radius 1 is 1.42 bits per heavy atom. The van der Waals surface area contributed by atoms with E-state index in [9.17, 15) is 14.7 Å². The van der Waals surface area contributed by atoms with Crippen LogP contribution in [-0.2, 0) is 4.79 Å². The Morgan fingerprint density at radius 3 is 2.58 bits per heavy atom. The van der Waals surface area contributed by atoms with E-state index < -0.39 is 5.60 Å². The van der Waals surface area contributed by atoms with Crippen LogP contribution in [0, 0.1) is 5.92 Å². The van der Waals surface area contributed by atoms with Gasteiger partial charge in [-0.15, -0.1) is 0 Å². The van der Waals surface area contributed by atoms with E-state index in [4.69, 9.17) is 0 Å². The molecule has 110 valence electrons. The van der Waals surface area contributed by atoms with Crippen molar-refractivity contribution in [3.8, 4) is 0 Å². The van der Waals surface area contributed by atoms with Gasteiger partial charge in [-0.2, -0.15) is 0 Å². The number of nitrogens with one attached hydrogen (secondary N) is 1. The number of piperidine rings is 1. The van der Waals surface area contributed by atoms with Crippen LogP contribution in [0.5, 0.6) is 0 Å². The summed E-state index contributed by atoms with van der Waals surface area (Å²) in [4.78, 5) is 27.1. The molecule has 19 heavy (non-hydrogen) atoms. The summed E-state index contributed by atoms with van der Waals surface area (Å²) in [6.45, 7) is 4.68. The Bertz CT molecular complexity index is 337. The molecule has 1 rings (SSSR count). The lowest BCUT2D eigenvalue weighted by molar-refractivity contribution is -0.127. The van der Waals surface area contributed by atoms with Gasteiger partial charge in [0, 0.05) is 33.7 Å². The van der Waals surface area contributed by atoms with Crippen LogP contribution in [0.1, 0.15) is 26.7 Å². The van der Waals surface area contributed by atoms with Gasteiger partial charge in [0.1, 0.15) is 0 Å². The maximum Gasteiger partial charge on any atom is 0.319 e. The highest BCUT2D eigenvalue weighted by atomic mass is 16.3. The second-order valence-electron chi connectivity index (χ2n) is 5.99. The zero-order valence-electron chi connectivity index (χ0n) is 12.3. The van der Waals surface area contributed by atoms with E-state index in [1.54, 1.807) is 32.8 Å². The molecule has 3 amide bonds. The van der Waals surface area contributed by atoms with Crippen LogP contribution in [0.3, 0.4) is 0 Å². The smallest absolute Gasteiger partial charge is 0.319 e. The lowest BCUT2D eigenvalue weighted by atomic mass is 9.97. The van der Waals surface area contributed by atoms with Crippen molar-refractivity contribution in [2.24, 2.45) is 5.92 Å². The van der Waals surface area contributed by atoms with Crippen molar-refractivity contribution in [3.05, 3.63) is 0 Å². The maximum atomic E-state index is 12.0. The van der Waals surface area contributed by atoms with Gasteiger partial charge < -0.3 is 20.2 Å². The molecule has 1 saturated heterocycles. The zero-order valence-corrected chi connectivity index (χ0v) is 12.3. The topological polar surface area (TPSA) is 72.9 Å². The first-order chi connectivity index (χ1) is 8.70. The van der Waals surface area contributed by atoms with E-state index in [1.807, 2.05) is 0 Å². The van der Waals surface area contributed by atoms with E-state index in [-0.39, 0.29) is 24.4 Å². The molecule has 0 bridgehead atoms. The van der Waals surface area contributed by atoms with Gasteiger partial charge in [0.15, 0.2) is 0 Å². The Labute approximate surface area is 114 Å². The SMILES string of the molecule is CN(C)C(=O)N1CCCC(C(=O)NCC(C)(C)O)C1. The zero-order chi connectivity index (χ0) is 14.6. The molecule has 1 heterocycles. The highest BCUT2D eigenvalue weighted by molar-refractivity contribution is 5.80. The molecule has 0 aliphatic carbocycles. The van der Waals surface area contributed by atoms with Crippen molar-refractivity contribution >= 4 is 11.9 Å². The third-order valence-electron chi connectivity index (χ3n) is 3.14. The van der Waals surface area contributed by atoms with Gasteiger partial charge in [-0.25, -0.2) is 4.79 Å². The Morgan fingerprint density at radius 2 is 2.05 bits per heavy atom. The number of nitrogens with zero attached hydrogens (tertiary/aromatic N) is 2. The minimum absolute atomic E-state index is 0.0556. The molecule has 1 aliphatic heterocycles. The Kier molecular flexibility index (Phi) is 5.17. The quantitative estimate of drug-likeness (QED) is 0.773. The fourth-order valence-electron chi connectivity index (χ4n) is 2.10. The summed E-state index contributed by atoms with van der Waals surface area (Å²) in [6.07, 6.45) is 1.62. The second kappa shape index (κ2) is 6.23. The Balaban J connectivity index is 2.50. The fraction of sp³-hybridized carbons (Fsp3) is 0.846. The molecule has 0 aromatic rings. The molecule has 0 saturated carbocycles. The molecule has 0 radical (unpaired) electrons. The summed E-state index contributed by atoms with van der Waals surface area (Å²) in [6, 6.07) is -0.0556. The summed E-state index contributed by atoms with van der Waals surface area (Å²) >= 11 is 0. The normalized spacial score (nSPS) is 20.1. The summed E-state index contributed by atoms with van der Waals surface area (Å²) in [7, 11) is 3.42. The maximum absolute atomic E-state index is 12.0. The van der Waals surface area contributed by atoms with Gasteiger partial charge in [0.05, 0.1) is 11.5 Å². The van der Waals surface area contributed by atoms with Crippen molar-refractivity contribution in [3.63, 3.8) is 0 Å². The monoisotopic (exact) mass is 271 g/mol. The van der Waals surface area contributed by atoms with Crippen LogP contribution in [0.25, 0.3) is 0 Å². The van der Waals surface area contributed by atoms with E-state index in [2.05, 4.69) is 5.32 Å². The molecule has 0 aromatic heterocycles. The van der Waals surface area contributed by atoms with Crippen molar-refractivity contribution in [2.45, 2.75) is 32.3 Å². The fourth-order valence-corrected chi connectivity index (χ4v) is 2.10. The average Bonchev–Trinajstić information content (AvgIpc) is 2.34. The van der Waals surface area contributed by atoms with Crippen LogP contribution in [-0.4, -0.2) is 66.2 Å². The molecule has 6 heteroatoms. The highest BCUT2D eigenvalue weighted by Crippen LogP contribution is 2.17. The van der Waals surface area contributed by atoms with Gasteiger partial charge in [-0.1, -0.05) is 0 Å². The highest BCUT2D eigenvalue weighted by Gasteiger charge is 2.29. The number of rotatable bonds is 3. The van der Waals surface area contributed by atoms with Crippen molar-refractivity contribution in [1.82, 2.24) is 15.1 Å². The van der Waals surface area contributed by atoms with Crippen LogP contribution in [0.4, 0.5) is 4.79 Å². The van der Waals surface area contributed by atoms with Gasteiger partial charge in [-0.05, 0) is 26.7 Å². The summed E-state index contributed by atoms with van der Waals surface area (Å²) in [5.41, 5.74) is -0.913. The van der Waals surface area contributed by atoms with Crippen molar-refractivity contribution in [1.29, 1.82) is 0 Å². The predicted octanol–water partition coefficient (Wildman–Crippen LogP) is 0.267. The van der Waals surface area contributed by atoms with Gasteiger partial charge in [0.25, 0.3) is 0 Å². The first-order valence-electron chi connectivity index (χ1n) is 6.67. The lowest BCUT2D eigenvalue weighted by Crippen LogP contribution is -2.49. The average molecular weight is 271 g/mol. The number of carbonyl (C=O) groups is 2. The first-order valence-corrected chi connectivity index (χ1v) is 6.67. The first kappa shape index (κ1) is 15.8. The summed E-state index contributed by atoms with van der Waals surface area (Å²) in [5.74, 6) is -0.265. The molecule has 1 aliphatic rings. The number of amides is 3. The van der Waals surface area contributed by atoms with Crippen LogP contribution in [0.15, 0.2) is 0 Å². The molecular weight excluding hydrogens is 246 g/mol. The standard InChI is InChI=1S/C13H25N3O3/c1-13(2,19)9-14-11(17)10-6-5-7-16(8-10)12(18)15(3)4/h10,19H,5-9H2,1-4H3,(H,14,17). The van der Waals surface area contributed by atoms with Gasteiger partial charge in [0.2, 0.25) is 5.91 Å². The van der Waals surface area contributed by atoms with E-state index in [0.717, 1.165) is 12.8 Å². The number of carbonyl (C=O) groups excluding carboxylic acids is 2. The van der Waals surface area contributed by atoms with E-state index in [0.29, 0.717) is 13.1 Å². The summed E-state index contributed by atoms with van der Waals surface area (Å²) in [5, 5.41) is 12.3. The van der Waals surface area contributed by atoms with Crippen LogP contribution in [0.2, 0.25) is 0 Å². The molecule has 6 nitrogen and oxygen atoms in total. The van der Waals surface area contributed by atoms with Crippen molar-refractivity contribution in [2.75, 3.05) is 33.7 Å². The van der Waals surface area contributed by atoms with E-state index >= 15 is 0 Å². The molecule has 1 atom stereocenters. The molecular formula is C13H25N3O3. The van der Waals surface area contributed by atoms with Crippen LogP contribution >= 0.6 is 0 Å². The predicted molar refractivity (Wildman–Crippen MR) is 72.7 cm³/mol. The molecule has 1 fully saturated rings. The molecule has 0 aromatic carbocycles. The minimum Gasteiger partial charge on any atom is -0.389 e. The number of aliphatic hydroxyl groups is 1. The largest absolute Gasteiger partial charge is 0.389 e. The third-order valence-corrected chi connectivity index (χ3v) is 3.14. The number of urea groups is 1. The third kappa shape index (κ3) is 5.06. The number of likely N-dealkylation sites (tertiary alicyclic amines) is 1. The lowest BCUT2D eigenvalue weighted by Gasteiger charge is -2.34. The second-order valence-corrected chi connectivity index (χ2v) is 5.99. The summed E-state index contributed by atoms with van der Waals surface area (Å²) < 4.78 is 0. The molecule has 2 N–H and O–H groups in total. The molecule has 0 spiro atoms. The van der Waals surface area contributed by atoms with Crippen molar-refractivity contribution < 1.29 is 14.7 Å². The number of hydrogen-bond donors (Lipinski definition) is 2. The Hall–Kier alpha value is -1.30. The van der Waals surface area contributed by atoms with Gasteiger partial charge in [-0.3, -0.25) is 4.79 Å². The van der Waals surface area contributed by atoms with E-state index in [1.165, 1.54) is 4.90 Å². The number of hydrogen-bond acceptors (Lipinski definition) is 3. The van der Waals surface area contributed by atoms with Gasteiger partial charge >= 0.3 is 6.03 Å². The molecule has 1 unspecified atom stereocenters. The van der Waals surface area contributed by atoms with Crippen LogP contribution < -0.4 is 5.32 Å². The minimum atomic E-state index is -0.913.